The summed E-state index contributed by atoms with van der Waals surface area (Å²) in [5.74, 6) is 0.882. The van der Waals surface area contributed by atoms with Crippen molar-refractivity contribution in [2.24, 2.45) is 16.7 Å². The van der Waals surface area contributed by atoms with Gasteiger partial charge in [-0.05, 0) is 74.2 Å². The van der Waals surface area contributed by atoms with Gasteiger partial charge in [0.05, 0.1) is 0 Å². The molecule has 0 unspecified atom stereocenters. The number of fused-ring (bicyclic) bond motifs is 5. The SMILES string of the molecule is CC(=O)OC1=C(C)C[C@@]2(C)C(=C1)C=CC1=C3CC[C@@]4(CCC(=O)O4)[C@@]3(C)CC[C@@H]12. The van der Waals surface area contributed by atoms with E-state index in [0.29, 0.717) is 18.1 Å². The minimum atomic E-state index is -0.285. The molecule has 5 rings (SSSR count). The summed E-state index contributed by atoms with van der Waals surface area (Å²) >= 11 is 0. The molecular weight excluding hydrogens is 364 g/mol. The Hall–Kier alpha value is -2.10. The number of rotatable bonds is 1. The molecule has 4 atom stereocenters. The third-order valence-electron chi connectivity index (χ3n) is 8.61. The molecule has 1 aliphatic heterocycles. The van der Waals surface area contributed by atoms with Crippen LogP contribution in [0.4, 0.5) is 0 Å². The van der Waals surface area contributed by atoms with Crippen molar-refractivity contribution in [1.29, 1.82) is 0 Å². The Bertz CT molecular complexity index is 948. The smallest absolute Gasteiger partial charge is 0.308 e. The summed E-state index contributed by atoms with van der Waals surface area (Å²) in [6.07, 6.45) is 13.1. The molecular formula is C25H30O4. The third kappa shape index (κ3) is 2.44. The van der Waals surface area contributed by atoms with Gasteiger partial charge in [0.2, 0.25) is 0 Å². The lowest BCUT2D eigenvalue weighted by Crippen LogP contribution is -2.47. The first kappa shape index (κ1) is 18.9. The molecule has 1 heterocycles. The molecule has 1 saturated carbocycles. The molecule has 154 valence electrons. The fourth-order valence-electron chi connectivity index (χ4n) is 7.04. The summed E-state index contributed by atoms with van der Waals surface area (Å²) in [6.45, 7) is 8.24. The van der Waals surface area contributed by atoms with Crippen LogP contribution < -0.4 is 0 Å². The Kier molecular flexibility index (Phi) is 3.89. The van der Waals surface area contributed by atoms with E-state index in [2.05, 4.69) is 39.0 Å². The number of carbonyl (C=O) groups excluding carboxylic acids is 2. The predicted octanol–water partition coefficient (Wildman–Crippen LogP) is 5.31. The molecule has 0 aromatic heterocycles. The monoisotopic (exact) mass is 394 g/mol. The molecule has 4 nitrogen and oxygen atoms in total. The van der Waals surface area contributed by atoms with E-state index in [9.17, 15) is 9.59 Å². The highest BCUT2D eigenvalue weighted by atomic mass is 16.6. The zero-order valence-electron chi connectivity index (χ0n) is 17.9. The zero-order chi connectivity index (χ0) is 20.6. The quantitative estimate of drug-likeness (QED) is 0.566. The van der Waals surface area contributed by atoms with Gasteiger partial charge in [0.1, 0.15) is 11.4 Å². The number of hydrogen-bond acceptors (Lipinski definition) is 4. The molecule has 1 spiro atoms. The second-order valence-electron chi connectivity index (χ2n) is 10.1. The van der Waals surface area contributed by atoms with Crippen molar-refractivity contribution < 1.29 is 19.1 Å². The Labute approximate surface area is 172 Å². The van der Waals surface area contributed by atoms with E-state index >= 15 is 0 Å². The maximum Gasteiger partial charge on any atom is 0.308 e. The normalized spacial score (nSPS) is 40.5. The van der Waals surface area contributed by atoms with Gasteiger partial charge in [-0.1, -0.05) is 31.6 Å². The van der Waals surface area contributed by atoms with Crippen LogP contribution in [-0.4, -0.2) is 17.5 Å². The molecule has 0 N–H and O–H groups in total. The van der Waals surface area contributed by atoms with Crippen molar-refractivity contribution in [2.75, 3.05) is 0 Å². The summed E-state index contributed by atoms with van der Waals surface area (Å²) in [6, 6.07) is 0. The van der Waals surface area contributed by atoms with Crippen molar-refractivity contribution in [2.45, 2.75) is 78.2 Å². The number of ether oxygens (including phenoxy) is 2. The lowest BCUT2D eigenvalue weighted by molar-refractivity contribution is -0.156. The first-order valence-corrected chi connectivity index (χ1v) is 10.9. The van der Waals surface area contributed by atoms with Crippen LogP contribution in [0.5, 0.6) is 0 Å². The Morgan fingerprint density at radius 2 is 1.93 bits per heavy atom. The standard InChI is InChI=1S/C25H30O4/c1-15-14-23(3)17(13-21(15)28-16(2)26)5-6-18-19(23)7-10-24(4)20(18)8-11-25(24)12-9-22(27)29-25/h5-6,13,19H,7-12,14H2,1-4H3/t19-,23-,24-,25+/m0/s1. The van der Waals surface area contributed by atoms with Gasteiger partial charge in [-0.15, -0.1) is 0 Å². The van der Waals surface area contributed by atoms with Crippen LogP contribution in [0.25, 0.3) is 0 Å². The summed E-state index contributed by atoms with van der Waals surface area (Å²) in [7, 11) is 0. The van der Waals surface area contributed by atoms with Gasteiger partial charge >= 0.3 is 11.9 Å². The van der Waals surface area contributed by atoms with Crippen molar-refractivity contribution in [3.8, 4) is 0 Å². The Balaban J connectivity index is 1.57. The summed E-state index contributed by atoms with van der Waals surface area (Å²) in [5.41, 5.74) is 5.11. The third-order valence-corrected chi connectivity index (χ3v) is 8.61. The number of esters is 2. The molecule has 29 heavy (non-hydrogen) atoms. The second kappa shape index (κ2) is 5.96. The highest BCUT2D eigenvalue weighted by molar-refractivity contribution is 5.73. The van der Waals surface area contributed by atoms with Crippen LogP contribution in [0.15, 0.2) is 46.3 Å². The molecule has 4 aliphatic carbocycles. The molecule has 0 amide bonds. The number of hydrogen-bond donors (Lipinski definition) is 0. The molecule has 5 aliphatic rings. The highest BCUT2D eigenvalue weighted by Gasteiger charge is 2.62. The van der Waals surface area contributed by atoms with E-state index in [-0.39, 0.29) is 28.4 Å². The van der Waals surface area contributed by atoms with Crippen LogP contribution in [0.3, 0.4) is 0 Å². The molecule has 0 aromatic rings. The molecule has 1 saturated heterocycles. The lowest BCUT2D eigenvalue weighted by Gasteiger charge is -2.52. The fraction of sp³-hybridized carbons (Fsp3) is 0.600. The van der Waals surface area contributed by atoms with Gasteiger partial charge in [0.25, 0.3) is 0 Å². The van der Waals surface area contributed by atoms with E-state index in [1.165, 1.54) is 23.6 Å². The first-order valence-electron chi connectivity index (χ1n) is 10.9. The highest BCUT2D eigenvalue weighted by Crippen LogP contribution is 2.66. The average Bonchev–Trinajstić information content (AvgIpc) is 3.16. The van der Waals surface area contributed by atoms with Gasteiger partial charge in [0, 0.05) is 24.2 Å². The van der Waals surface area contributed by atoms with E-state index in [1.807, 2.05) is 0 Å². The number of allylic oxidation sites excluding steroid dienone is 6. The maximum absolute atomic E-state index is 12.0. The lowest BCUT2D eigenvalue weighted by atomic mass is 9.53. The topological polar surface area (TPSA) is 52.6 Å². The van der Waals surface area contributed by atoms with Crippen LogP contribution in [0.2, 0.25) is 0 Å². The van der Waals surface area contributed by atoms with Crippen LogP contribution in [-0.2, 0) is 19.1 Å². The van der Waals surface area contributed by atoms with Crippen molar-refractivity contribution in [1.82, 2.24) is 0 Å². The van der Waals surface area contributed by atoms with Crippen LogP contribution in [0.1, 0.15) is 72.6 Å². The van der Waals surface area contributed by atoms with Crippen molar-refractivity contribution >= 4 is 11.9 Å². The van der Waals surface area contributed by atoms with E-state index in [4.69, 9.17) is 9.47 Å². The average molecular weight is 395 g/mol. The van der Waals surface area contributed by atoms with Crippen LogP contribution >= 0.6 is 0 Å². The Morgan fingerprint density at radius 3 is 2.62 bits per heavy atom. The van der Waals surface area contributed by atoms with E-state index in [0.717, 1.165) is 44.1 Å². The van der Waals surface area contributed by atoms with Crippen molar-refractivity contribution in [3.63, 3.8) is 0 Å². The minimum Gasteiger partial charge on any atom is -0.458 e. The van der Waals surface area contributed by atoms with Crippen molar-refractivity contribution in [3.05, 3.63) is 46.3 Å². The minimum absolute atomic E-state index is 0.0221. The summed E-state index contributed by atoms with van der Waals surface area (Å²) < 4.78 is 11.5. The van der Waals surface area contributed by atoms with Gasteiger partial charge in [-0.2, -0.15) is 0 Å². The molecule has 2 fully saturated rings. The predicted molar refractivity (Wildman–Crippen MR) is 110 cm³/mol. The Morgan fingerprint density at radius 1 is 1.17 bits per heavy atom. The van der Waals surface area contributed by atoms with Gasteiger partial charge in [0.15, 0.2) is 0 Å². The summed E-state index contributed by atoms with van der Waals surface area (Å²) in [4.78, 5) is 23.5. The van der Waals surface area contributed by atoms with Gasteiger partial charge in [-0.25, -0.2) is 0 Å². The van der Waals surface area contributed by atoms with Gasteiger partial charge < -0.3 is 9.47 Å². The largest absolute Gasteiger partial charge is 0.458 e. The summed E-state index contributed by atoms with van der Waals surface area (Å²) in [5, 5.41) is 0. The molecule has 0 radical (unpaired) electrons. The maximum atomic E-state index is 12.0. The molecule has 0 bridgehead atoms. The molecule has 4 heteroatoms. The van der Waals surface area contributed by atoms with E-state index < -0.39 is 0 Å². The van der Waals surface area contributed by atoms with Crippen LogP contribution in [0, 0.1) is 16.7 Å². The fourth-order valence-corrected chi connectivity index (χ4v) is 7.04. The van der Waals surface area contributed by atoms with E-state index in [1.54, 1.807) is 0 Å². The van der Waals surface area contributed by atoms with Gasteiger partial charge in [-0.3, -0.25) is 9.59 Å². The second-order valence-corrected chi connectivity index (χ2v) is 10.1. The number of carbonyl (C=O) groups is 2. The molecule has 0 aromatic carbocycles. The zero-order valence-corrected chi connectivity index (χ0v) is 17.9. The first-order chi connectivity index (χ1) is 13.7.